The maximum atomic E-state index is 5.97. The van der Waals surface area contributed by atoms with Gasteiger partial charge in [0.05, 0.1) is 22.4 Å². The van der Waals surface area contributed by atoms with Crippen LogP contribution in [-0.2, 0) is 6.42 Å². The minimum atomic E-state index is 0.195. The van der Waals surface area contributed by atoms with Gasteiger partial charge in [0, 0.05) is 0 Å². The topological polar surface area (TPSA) is 24.9 Å². The first kappa shape index (κ1) is 14.9. The first-order valence-electron chi connectivity index (χ1n) is 7.13. The largest absolute Gasteiger partial charge is 0.376 e. The zero-order valence-corrected chi connectivity index (χ0v) is 14.5. The van der Waals surface area contributed by atoms with Crippen molar-refractivity contribution in [3.05, 3.63) is 57.3 Å². The Bertz CT molecular complexity index is 670. The van der Waals surface area contributed by atoms with Gasteiger partial charge in [0.25, 0.3) is 0 Å². The molecule has 1 atom stereocenters. The van der Waals surface area contributed by atoms with Crippen molar-refractivity contribution in [2.45, 2.75) is 32.7 Å². The Morgan fingerprint density at radius 3 is 2.86 bits per heavy atom. The summed E-state index contributed by atoms with van der Waals surface area (Å²) in [6.07, 6.45) is 4.11. The Balaban J connectivity index is 1.97. The van der Waals surface area contributed by atoms with Crippen molar-refractivity contribution in [1.29, 1.82) is 0 Å². The molecular formula is C17H18BrClN2. The molecule has 4 heteroatoms. The Kier molecular flexibility index (Phi) is 3.98. The van der Waals surface area contributed by atoms with Crippen LogP contribution < -0.4 is 5.32 Å². The van der Waals surface area contributed by atoms with Crippen LogP contribution >= 0.6 is 27.5 Å². The van der Waals surface area contributed by atoms with Crippen molar-refractivity contribution < 1.29 is 0 Å². The number of nitrogens with zero attached hydrogens (tertiary/aromatic N) is 1. The standard InChI is InChI=1S/C17H18BrClN2/c1-17(2)8-7-11-5-3-4-6-13(11)15(17)21-12-9-14(18)16(19)20-10-12/h3-6,9-10,15,21H,7-8H2,1-2H3. The van der Waals surface area contributed by atoms with Gasteiger partial charge in [-0.25, -0.2) is 4.98 Å². The van der Waals surface area contributed by atoms with Crippen LogP contribution in [0.5, 0.6) is 0 Å². The highest BCUT2D eigenvalue weighted by atomic mass is 79.9. The summed E-state index contributed by atoms with van der Waals surface area (Å²) in [5, 5.41) is 4.13. The van der Waals surface area contributed by atoms with Crippen LogP contribution in [0.25, 0.3) is 0 Å². The summed E-state index contributed by atoms with van der Waals surface area (Å²) in [5.41, 5.74) is 4.01. The quantitative estimate of drug-likeness (QED) is 0.698. The number of nitrogens with one attached hydrogen (secondary N) is 1. The van der Waals surface area contributed by atoms with Gasteiger partial charge in [0.2, 0.25) is 0 Å². The smallest absolute Gasteiger partial charge is 0.143 e. The number of aromatic nitrogens is 1. The average Bonchev–Trinajstić information content (AvgIpc) is 2.46. The van der Waals surface area contributed by atoms with E-state index in [0.717, 1.165) is 16.6 Å². The number of hydrogen-bond acceptors (Lipinski definition) is 2. The van der Waals surface area contributed by atoms with E-state index in [1.54, 1.807) is 6.20 Å². The molecule has 1 aromatic carbocycles. The van der Waals surface area contributed by atoms with E-state index in [4.69, 9.17) is 11.6 Å². The Labute approximate surface area is 139 Å². The van der Waals surface area contributed by atoms with Gasteiger partial charge in [-0.2, -0.15) is 0 Å². The molecule has 1 unspecified atom stereocenters. The SMILES string of the molecule is CC1(C)CCc2ccccc2C1Nc1cnc(Cl)c(Br)c1. The maximum absolute atomic E-state index is 5.97. The molecule has 0 radical (unpaired) electrons. The average molecular weight is 366 g/mol. The maximum Gasteiger partial charge on any atom is 0.143 e. The first-order chi connectivity index (χ1) is 9.97. The van der Waals surface area contributed by atoms with E-state index in [9.17, 15) is 0 Å². The third-order valence-corrected chi connectivity index (χ3v) is 5.43. The molecule has 0 saturated carbocycles. The van der Waals surface area contributed by atoms with Gasteiger partial charge in [0.1, 0.15) is 5.15 Å². The van der Waals surface area contributed by atoms with E-state index in [-0.39, 0.29) is 11.5 Å². The second kappa shape index (κ2) is 5.62. The Morgan fingerprint density at radius 1 is 1.33 bits per heavy atom. The van der Waals surface area contributed by atoms with Gasteiger partial charge in [-0.15, -0.1) is 0 Å². The molecule has 1 aliphatic rings. The molecule has 21 heavy (non-hydrogen) atoms. The molecule has 0 spiro atoms. The second-order valence-electron chi connectivity index (χ2n) is 6.26. The fraction of sp³-hybridized carbons (Fsp3) is 0.353. The number of pyridine rings is 1. The normalized spacial score (nSPS) is 19.9. The molecule has 2 nitrogen and oxygen atoms in total. The summed E-state index contributed by atoms with van der Waals surface area (Å²) in [4.78, 5) is 4.20. The van der Waals surface area contributed by atoms with Crippen molar-refractivity contribution >= 4 is 33.2 Å². The van der Waals surface area contributed by atoms with Crippen molar-refractivity contribution in [1.82, 2.24) is 4.98 Å². The lowest BCUT2D eigenvalue weighted by Gasteiger charge is -2.41. The van der Waals surface area contributed by atoms with Crippen LogP contribution in [0.1, 0.15) is 37.4 Å². The highest BCUT2D eigenvalue weighted by Crippen LogP contribution is 2.45. The van der Waals surface area contributed by atoms with E-state index < -0.39 is 0 Å². The second-order valence-corrected chi connectivity index (χ2v) is 7.47. The number of fused-ring (bicyclic) bond motifs is 1. The van der Waals surface area contributed by atoms with E-state index >= 15 is 0 Å². The number of rotatable bonds is 2. The van der Waals surface area contributed by atoms with E-state index in [0.29, 0.717) is 5.15 Å². The number of anilines is 1. The van der Waals surface area contributed by atoms with Gasteiger partial charge >= 0.3 is 0 Å². The lowest BCUT2D eigenvalue weighted by Crippen LogP contribution is -2.33. The summed E-state index contributed by atoms with van der Waals surface area (Å²) < 4.78 is 0.816. The molecule has 0 saturated heterocycles. The predicted octanol–water partition coefficient (Wildman–Crippen LogP) is 5.62. The third kappa shape index (κ3) is 2.95. The van der Waals surface area contributed by atoms with Crippen LogP contribution in [0.2, 0.25) is 5.15 Å². The van der Waals surface area contributed by atoms with Gasteiger partial charge in [-0.05, 0) is 51.4 Å². The number of halogens is 2. The zero-order valence-electron chi connectivity index (χ0n) is 12.2. The third-order valence-electron chi connectivity index (χ3n) is 4.29. The minimum absolute atomic E-state index is 0.195. The molecule has 3 rings (SSSR count). The molecular weight excluding hydrogens is 348 g/mol. The molecule has 1 aromatic heterocycles. The van der Waals surface area contributed by atoms with Crippen molar-refractivity contribution in [2.75, 3.05) is 5.32 Å². The fourth-order valence-corrected chi connectivity index (χ4v) is 3.46. The highest BCUT2D eigenvalue weighted by molar-refractivity contribution is 9.10. The van der Waals surface area contributed by atoms with E-state index in [1.807, 2.05) is 6.07 Å². The molecule has 0 aliphatic heterocycles. The van der Waals surface area contributed by atoms with E-state index in [1.165, 1.54) is 17.5 Å². The van der Waals surface area contributed by atoms with Crippen molar-refractivity contribution in [3.63, 3.8) is 0 Å². The number of benzene rings is 1. The summed E-state index contributed by atoms with van der Waals surface area (Å²) in [7, 11) is 0. The van der Waals surface area contributed by atoms with Gasteiger partial charge < -0.3 is 5.32 Å². The predicted molar refractivity (Wildman–Crippen MR) is 91.9 cm³/mol. The lowest BCUT2D eigenvalue weighted by atomic mass is 9.70. The van der Waals surface area contributed by atoms with Gasteiger partial charge in [0.15, 0.2) is 0 Å². The molecule has 0 fully saturated rings. The molecule has 110 valence electrons. The van der Waals surface area contributed by atoms with Crippen LogP contribution in [0.3, 0.4) is 0 Å². The molecule has 2 aromatic rings. The summed E-state index contributed by atoms with van der Waals surface area (Å²) in [6.45, 7) is 4.64. The lowest BCUT2D eigenvalue weighted by molar-refractivity contribution is 0.265. The van der Waals surface area contributed by atoms with Gasteiger partial charge in [-0.3, -0.25) is 0 Å². The van der Waals surface area contributed by atoms with Crippen LogP contribution in [-0.4, -0.2) is 4.98 Å². The Morgan fingerprint density at radius 2 is 2.10 bits per heavy atom. The van der Waals surface area contributed by atoms with Crippen LogP contribution in [0.4, 0.5) is 5.69 Å². The highest BCUT2D eigenvalue weighted by Gasteiger charge is 2.35. The van der Waals surface area contributed by atoms with Crippen LogP contribution in [0.15, 0.2) is 41.0 Å². The first-order valence-corrected chi connectivity index (χ1v) is 8.30. The van der Waals surface area contributed by atoms with Gasteiger partial charge in [-0.1, -0.05) is 49.7 Å². The fourth-order valence-electron chi connectivity index (χ4n) is 3.01. The van der Waals surface area contributed by atoms with E-state index in [2.05, 4.69) is 64.3 Å². The number of aryl methyl sites for hydroxylation is 1. The summed E-state index contributed by atoms with van der Waals surface area (Å²) in [5.74, 6) is 0. The molecule has 1 heterocycles. The monoisotopic (exact) mass is 364 g/mol. The van der Waals surface area contributed by atoms with Crippen molar-refractivity contribution in [2.24, 2.45) is 5.41 Å². The van der Waals surface area contributed by atoms with Crippen LogP contribution in [0, 0.1) is 5.41 Å². The zero-order chi connectivity index (χ0) is 15.0. The molecule has 0 bridgehead atoms. The minimum Gasteiger partial charge on any atom is -0.376 e. The molecule has 0 amide bonds. The van der Waals surface area contributed by atoms with Crippen molar-refractivity contribution in [3.8, 4) is 0 Å². The molecule has 1 aliphatic carbocycles. The number of hydrogen-bond donors (Lipinski definition) is 1. The summed E-state index contributed by atoms with van der Waals surface area (Å²) in [6, 6.07) is 11.0. The molecule has 1 N–H and O–H groups in total. The Hall–Kier alpha value is -1.06. The summed E-state index contributed by atoms with van der Waals surface area (Å²) >= 11 is 9.41.